The van der Waals surface area contributed by atoms with Crippen molar-refractivity contribution in [3.63, 3.8) is 0 Å². The fourth-order valence-electron chi connectivity index (χ4n) is 2.30. The summed E-state index contributed by atoms with van der Waals surface area (Å²) >= 11 is 0. The predicted molar refractivity (Wildman–Crippen MR) is 97.2 cm³/mol. The van der Waals surface area contributed by atoms with Crippen LogP contribution in [0.5, 0.6) is 11.8 Å². The summed E-state index contributed by atoms with van der Waals surface area (Å²) in [5.74, 6) is -0.216. The second kappa shape index (κ2) is 13.1. The SMILES string of the molecule is Cc1nn(C)c(OCC(F)(F)F)c1C=O.Cc1nn(C)c(OCC(F)(F)F)c1CO.[B].[H-].[Na+]. The number of carbonyl (C=O) groups is 1. The molecule has 2 rings (SSSR count). The molecule has 0 fully saturated rings. The maximum atomic E-state index is 11.9. The molecule has 2 aromatic heterocycles. The Balaban J connectivity index is -0.000000500. The summed E-state index contributed by atoms with van der Waals surface area (Å²) in [6.07, 6.45) is -8.41. The molecule has 0 aliphatic rings. The monoisotopic (exact) mass is 481 g/mol. The van der Waals surface area contributed by atoms with Gasteiger partial charge in [0.05, 0.1) is 29.1 Å². The first kappa shape index (κ1) is 32.5. The van der Waals surface area contributed by atoms with Gasteiger partial charge in [0.1, 0.15) is 0 Å². The maximum absolute atomic E-state index is 11.9. The average Bonchev–Trinajstić information content (AvgIpc) is 3.03. The molecule has 3 radical (unpaired) electrons. The van der Waals surface area contributed by atoms with Crippen molar-refractivity contribution in [2.24, 2.45) is 14.1 Å². The molecule has 16 heteroatoms. The molecule has 0 atom stereocenters. The molecule has 0 saturated heterocycles. The zero-order valence-corrected chi connectivity index (χ0v) is 20.0. The van der Waals surface area contributed by atoms with E-state index in [9.17, 15) is 31.1 Å². The van der Waals surface area contributed by atoms with Gasteiger partial charge in [-0.1, -0.05) is 0 Å². The van der Waals surface area contributed by atoms with Gasteiger partial charge in [-0.2, -0.15) is 36.5 Å². The zero-order chi connectivity index (χ0) is 23.3. The smallest absolute Gasteiger partial charge is 1.00 e. The van der Waals surface area contributed by atoms with Crippen molar-refractivity contribution in [3.8, 4) is 11.8 Å². The van der Waals surface area contributed by atoms with Crippen molar-refractivity contribution in [1.29, 1.82) is 0 Å². The van der Waals surface area contributed by atoms with Crippen molar-refractivity contribution >= 4 is 14.7 Å². The number of carbonyl (C=O) groups excluding carboxylic acids is 1. The van der Waals surface area contributed by atoms with Crippen molar-refractivity contribution in [2.75, 3.05) is 13.2 Å². The minimum absolute atomic E-state index is 0. The van der Waals surface area contributed by atoms with Gasteiger partial charge in [-0.3, -0.25) is 4.79 Å². The number of hydrogen-bond donors (Lipinski definition) is 1. The quantitative estimate of drug-likeness (QED) is 0.336. The van der Waals surface area contributed by atoms with Gasteiger partial charge in [-0.05, 0) is 13.8 Å². The third kappa shape index (κ3) is 9.84. The van der Waals surface area contributed by atoms with Gasteiger partial charge in [-0.15, -0.1) is 0 Å². The number of rotatable bonds is 6. The number of aliphatic hydroxyl groups excluding tert-OH is 1. The van der Waals surface area contributed by atoms with E-state index in [1.54, 1.807) is 6.92 Å². The van der Waals surface area contributed by atoms with E-state index < -0.39 is 32.2 Å². The Kier molecular flexibility index (Phi) is 13.3. The average molecular weight is 481 g/mol. The summed E-state index contributed by atoms with van der Waals surface area (Å²) in [6.45, 7) is -0.116. The standard InChI is InChI=1S/C8H11F3N2O2.C8H9F3N2O2.B.Na.H/c2*1-5-6(3-14)7(13(2)12-5)15-4-8(9,10)11;;;/h14H,3-4H2,1-2H3;3H,4H2,1-2H3;;;/q;;;+1;-1. The summed E-state index contributed by atoms with van der Waals surface area (Å²) in [5, 5.41) is 16.5. The molecular weight excluding hydrogens is 460 g/mol. The Hall–Kier alpha value is -1.71. The van der Waals surface area contributed by atoms with Gasteiger partial charge in [-0.25, -0.2) is 9.36 Å². The summed E-state index contributed by atoms with van der Waals surface area (Å²) in [5.41, 5.74) is 1.12. The topological polar surface area (TPSA) is 91.4 Å². The van der Waals surface area contributed by atoms with Gasteiger partial charge < -0.3 is 16.0 Å². The Morgan fingerprint density at radius 3 is 1.75 bits per heavy atom. The second-order valence-electron chi connectivity index (χ2n) is 6.00. The molecule has 32 heavy (non-hydrogen) atoms. The first-order valence-corrected chi connectivity index (χ1v) is 8.21. The first-order chi connectivity index (χ1) is 13.7. The predicted octanol–water partition coefficient (Wildman–Crippen LogP) is -0.620. The number of ether oxygens (including phenoxy) is 2. The Bertz CT molecular complexity index is 877. The van der Waals surface area contributed by atoms with E-state index in [4.69, 9.17) is 5.11 Å². The van der Waals surface area contributed by atoms with Crippen LogP contribution in [0.2, 0.25) is 0 Å². The summed E-state index contributed by atoms with van der Waals surface area (Å²) in [7, 11) is 2.86. The van der Waals surface area contributed by atoms with Crippen molar-refractivity contribution in [2.45, 2.75) is 32.8 Å². The van der Waals surface area contributed by atoms with E-state index >= 15 is 0 Å². The summed E-state index contributed by atoms with van der Waals surface area (Å²) in [4.78, 5) is 10.6. The van der Waals surface area contributed by atoms with E-state index in [1.165, 1.54) is 25.7 Å². The van der Waals surface area contributed by atoms with E-state index in [-0.39, 0.29) is 62.3 Å². The van der Waals surface area contributed by atoms with Crippen molar-refractivity contribution in [1.82, 2.24) is 19.6 Å². The molecule has 0 bridgehead atoms. The van der Waals surface area contributed by atoms with Crippen LogP contribution in [0.1, 0.15) is 28.7 Å². The molecule has 2 aromatic rings. The molecular formula is C16H21BF6N4NaO4. The Morgan fingerprint density at radius 2 is 1.34 bits per heavy atom. The first-order valence-electron chi connectivity index (χ1n) is 8.21. The zero-order valence-electron chi connectivity index (χ0n) is 19.0. The molecule has 0 saturated carbocycles. The van der Waals surface area contributed by atoms with Crippen LogP contribution in [0.3, 0.4) is 0 Å². The largest absolute Gasteiger partial charge is 1.00 e. The minimum Gasteiger partial charge on any atom is -1.00 e. The number of aldehydes is 1. The molecule has 0 amide bonds. The van der Waals surface area contributed by atoms with Crippen LogP contribution in [0.4, 0.5) is 26.3 Å². The summed E-state index contributed by atoms with van der Waals surface area (Å²) < 4.78 is 82.6. The molecule has 0 spiro atoms. The number of hydrogen-bond acceptors (Lipinski definition) is 6. The number of aromatic nitrogens is 4. The molecule has 2 heterocycles. The fraction of sp³-hybridized carbons (Fsp3) is 0.562. The van der Waals surface area contributed by atoms with Crippen LogP contribution >= 0.6 is 0 Å². The van der Waals surface area contributed by atoms with Crippen LogP contribution in [0.15, 0.2) is 0 Å². The van der Waals surface area contributed by atoms with E-state index in [0.717, 1.165) is 4.68 Å². The van der Waals surface area contributed by atoms with Gasteiger partial charge in [0, 0.05) is 22.5 Å². The number of alkyl halides is 6. The maximum Gasteiger partial charge on any atom is 1.00 e. The minimum atomic E-state index is -4.43. The molecule has 0 aromatic carbocycles. The molecule has 8 nitrogen and oxygen atoms in total. The summed E-state index contributed by atoms with van der Waals surface area (Å²) in [6, 6.07) is 0. The van der Waals surface area contributed by atoms with Crippen LogP contribution in [-0.4, -0.2) is 64.9 Å². The van der Waals surface area contributed by atoms with E-state index in [0.29, 0.717) is 17.7 Å². The number of nitrogens with zero attached hydrogens (tertiary/aromatic N) is 4. The molecule has 0 unspecified atom stereocenters. The van der Waals surface area contributed by atoms with Gasteiger partial charge in [0.15, 0.2) is 19.5 Å². The van der Waals surface area contributed by atoms with E-state index in [2.05, 4.69) is 19.7 Å². The van der Waals surface area contributed by atoms with Gasteiger partial charge in [0.25, 0.3) is 0 Å². The van der Waals surface area contributed by atoms with E-state index in [1.807, 2.05) is 0 Å². The third-order valence-corrected chi connectivity index (χ3v) is 3.52. The van der Waals surface area contributed by atoms with Crippen LogP contribution in [-0.2, 0) is 20.7 Å². The molecule has 0 aliphatic carbocycles. The molecule has 175 valence electrons. The van der Waals surface area contributed by atoms with Crippen molar-refractivity contribution < 1.29 is 76.7 Å². The number of aliphatic hydroxyl groups is 1. The van der Waals surface area contributed by atoms with Crippen LogP contribution in [0.25, 0.3) is 0 Å². The number of aryl methyl sites for hydroxylation is 4. The van der Waals surface area contributed by atoms with Gasteiger partial charge in [0.2, 0.25) is 11.8 Å². The van der Waals surface area contributed by atoms with Crippen LogP contribution in [0, 0.1) is 13.8 Å². The van der Waals surface area contributed by atoms with Crippen molar-refractivity contribution in [3.05, 3.63) is 22.5 Å². The van der Waals surface area contributed by atoms with Crippen LogP contribution < -0.4 is 39.0 Å². The number of halogens is 6. The Labute approximate surface area is 205 Å². The third-order valence-electron chi connectivity index (χ3n) is 3.52. The fourth-order valence-corrected chi connectivity index (χ4v) is 2.30. The molecule has 0 aliphatic heterocycles. The van der Waals surface area contributed by atoms with Gasteiger partial charge >= 0.3 is 41.9 Å². The normalized spacial score (nSPS) is 11.0. The second-order valence-corrected chi connectivity index (χ2v) is 6.00. The Morgan fingerprint density at radius 1 is 0.938 bits per heavy atom. The molecule has 1 N–H and O–H groups in total.